The summed E-state index contributed by atoms with van der Waals surface area (Å²) in [5.41, 5.74) is 3.76. The van der Waals surface area contributed by atoms with Crippen LogP contribution >= 0.6 is 0 Å². The molecule has 0 saturated heterocycles. The van der Waals surface area contributed by atoms with Gasteiger partial charge in [0.05, 0.1) is 12.6 Å². The van der Waals surface area contributed by atoms with Crippen LogP contribution in [0.4, 0.5) is 11.5 Å². The summed E-state index contributed by atoms with van der Waals surface area (Å²) < 4.78 is 5.14. The molecule has 3 aromatic rings. The highest BCUT2D eigenvalue weighted by Gasteiger charge is 2.09. The number of nitrogens with one attached hydrogen (secondary N) is 1. The molecule has 0 atom stereocenters. The lowest BCUT2D eigenvalue weighted by Crippen LogP contribution is -2.23. The number of pyridine rings is 1. The van der Waals surface area contributed by atoms with Gasteiger partial charge in [-0.3, -0.25) is 4.79 Å². The van der Waals surface area contributed by atoms with Gasteiger partial charge >= 0.3 is 0 Å². The molecule has 0 unspecified atom stereocenters. The number of carbonyl (C=O) groups is 1. The largest absolute Gasteiger partial charge is 0.497 e. The van der Waals surface area contributed by atoms with Crippen molar-refractivity contribution in [3.05, 3.63) is 65.7 Å². The van der Waals surface area contributed by atoms with Crippen LogP contribution in [-0.2, 0) is 4.79 Å². The molecule has 1 amide bonds. The monoisotopic (exact) mass is 389 g/mol. The first-order valence-electron chi connectivity index (χ1n) is 9.83. The second-order valence-corrected chi connectivity index (χ2v) is 6.80. The summed E-state index contributed by atoms with van der Waals surface area (Å²) in [6, 6.07) is 15.5. The van der Waals surface area contributed by atoms with Gasteiger partial charge in [-0.05, 0) is 74.4 Å². The number of benzene rings is 2. The molecule has 5 nitrogen and oxygen atoms in total. The van der Waals surface area contributed by atoms with E-state index in [-0.39, 0.29) is 5.91 Å². The Morgan fingerprint density at radius 2 is 1.83 bits per heavy atom. The quantitative estimate of drug-likeness (QED) is 0.575. The number of aromatic nitrogens is 1. The maximum atomic E-state index is 12.3. The topological polar surface area (TPSA) is 54.5 Å². The Kier molecular flexibility index (Phi) is 6.50. The third-order valence-corrected chi connectivity index (χ3v) is 4.90. The Bertz CT molecular complexity index is 1020. The van der Waals surface area contributed by atoms with Crippen LogP contribution in [0.2, 0.25) is 0 Å². The molecule has 5 heteroatoms. The van der Waals surface area contributed by atoms with Crippen LogP contribution in [0.15, 0.2) is 54.6 Å². The van der Waals surface area contributed by atoms with Gasteiger partial charge < -0.3 is 15.0 Å². The molecule has 0 aliphatic heterocycles. The van der Waals surface area contributed by atoms with Crippen molar-refractivity contribution in [2.45, 2.75) is 20.8 Å². The Morgan fingerprint density at radius 3 is 2.48 bits per heavy atom. The lowest BCUT2D eigenvalue weighted by molar-refractivity contribution is -0.111. The molecule has 0 fully saturated rings. The molecule has 0 aliphatic rings. The lowest BCUT2D eigenvalue weighted by Gasteiger charge is -2.21. The van der Waals surface area contributed by atoms with Crippen molar-refractivity contribution in [2.75, 3.05) is 30.4 Å². The average Bonchev–Trinajstić information content (AvgIpc) is 2.74. The van der Waals surface area contributed by atoms with E-state index in [2.05, 4.69) is 37.1 Å². The zero-order valence-electron chi connectivity index (χ0n) is 17.4. The molecular weight excluding hydrogens is 362 g/mol. The van der Waals surface area contributed by atoms with E-state index >= 15 is 0 Å². The van der Waals surface area contributed by atoms with Crippen molar-refractivity contribution in [1.82, 2.24) is 4.98 Å². The molecule has 0 radical (unpaired) electrons. The summed E-state index contributed by atoms with van der Waals surface area (Å²) in [6.07, 6.45) is 3.31. The van der Waals surface area contributed by atoms with Gasteiger partial charge in [-0.25, -0.2) is 4.98 Å². The standard InChI is InChI=1S/C24H27N3O2/c1-5-27(6-2)23-15-17(3)21-16-19(10-13-22(21)26-23)25-24(28)14-9-18-7-11-20(29-4)12-8-18/h7-16H,5-6H2,1-4H3,(H,25,28)/b14-9+. The van der Waals surface area contributed by atoms with E-state index in [0.717, 1.165) is 52.4 Å². The van der Waals surface area contributed by atoms with E-state index in [1.807, 2.05) is 42.5 Å². The molecule has 1 aromatic heterocycles. The number of methoxy groups -OCH3 is 1. The predicted molar refractivity (Wildman–Crippen MR) is 121 cm³/mol. The van der Waals surface area contributed by atoms with E-state index in [1.54, 1.807) is 13.2 Å². The molecular formula is C24H27N3O2. The Balaban J connectivity index is 1.75. The summed E-state index contributed by atoms with van der Waals surface area (Å²) in [7, 11) is 1.63. The molecule has 3 rings (SSSR count). The van der Waals surface area contributed by atoms with E-state index in [9.17, 15) is 4.79 Å². The van der Waals surface area contributed by atoms with Crippen LogP contribution in [0.25, 0.3) is 17.0 Å². The number of rotatable bonds is 7. The second kappa shape index (κ2) is 9.24. The maximum absolute atomic E-state index is 12.3. The van der Waals surface area contributed by atoms with Gasteiger partial charge in [0.15, 0.2) is 0 Å². The summed E-state index contributed by atoms with van der Waals surface area (Å²) in [5.74, 6) is 1.60. The second-order valence-electron chi connectivity index (χ2n) is 6.80. The van der Waals surface area contributed by atoms with Crippen LogP contribution in [0, 0.1) is 6.92 Å². The minimum atomic E-state index is -0.175. The van der Waals surface area contributed by atoms with Gasteiger partial charge in [0, 0.05) is 30.2 Å². The number of fused-ring (bicyclic) bond motifs is 1. The fraction of sp³-hybridized carbons (Fsp3) is 0.250. The summed E-state index contributed by atoms with van der Waals surface area (Å²) >= 11 is 0. The van der Waals surface area contributed by atoms with Crippen molar-refractivity contribution in [1.29, 1.82) is 0 Å². The van der Waals surface area contributed by atoms with Gasteiger partial charge in [-0.1, -0.05) is 12.1 Å². The molecule has 0 spiro atoms. The number of ether oxygens (including phenoxy) is 1. The molecule has 0 aliphatic carbocycles. The van der Waals surface area contributed by atoms with Gasteiger partial charge in [-0.15, -0.1) is 0 Å². The molecule has 29 heavy (non-hydrogen) atoms. The van der Waals surface area contributed by atoms with Crippen molar-refractivity contribution < 1.29 is 9.53 Å². The number of anilines is 2. The molecule has 2 aromatic carbocycles. The Hall–Kier alpha value is -3.34. The van der Waals surface area contributed by atoms with Gasteiger partial charge in [0.2, 0.25) is 5.91 Å². The maximum Gasteiger partial charge on any atom is 0.248 e. The Labute approximate surface area is 172 Å². The first-order chi connectivity index (χ1) is 14.0. The number of aryl methyl sites for hydroxylation is 1. The van der Waals surface area contributed by atoms with Gasteiger partial charge in [0.25, 0.3) is 0 Å². The van der Waals surface area contributed by atoms with Crippen LogP contribution in [0.5, 0.6) is 5.75 Å². The number of hydrogen-bond donors (Lipinski definition) is 1. The zero-order chi connectivity index (χ0) is 20.8. The normalized spacial score (nSPS) is 11.0. The SMILES string of the molecule is CCN(CC)c1cc(C)c2cc(NC(=O)/C=C/c3ccc(OC)cc3)ccc2n1. The fourth-order valence-electron chi connectivity index (χ4n) is 3.23. The predicted octanol–water partition coefficient (Wildman–Crippen LogP) is 5.05. The van der Waals surface area contributed by atoms with Crippen molar-refractivity contribution in [3.8, 4) is 5.75 Å². The number of hydrogen-bond acceptors (Lipinski definition) is 4. The van der Waals surface area contributed by atoms with Gasteiger partial charge in [0.1, 0.15) is 11.6 Å². The van der Waals surface area contributed by atoms with Crippen LogP contribution in [-0.4, -0.2) is 31.1 Å². The molecule has 0 bridgehead atoms. The van der Waals surface area contributed by atoms with Crippen molar-refractivity contribution >= 4 is 34.4 Å². The molecule has 0 saturated carbocycles. The summed E-state index contributed by atoms with van der Waals surface area (Å²) in [6.45, 7) is 8.17. The summed E-state index contributed by atoms with van der Waals surface area (Å²) in [4.78, 5) is 19.3. The van der Waals surface area contributed by atoms with E-state index in [0.29, 0.717) is 0 Å². The number of nitrogens with zero attached hydrogens (tertiary/aromatic N) is 2. The molecule has 1 heterocycles. The number of carbonyl (C=O) groups excluding carboxylic acids is 1. The first kappa shape index (κ1) is 20.4. The third kappa shape index (κ3) is 4.93. The van der Waals surface area contributed by atoms with Crippen molar-refractivity contribution in [3.63, 3.8) is 0 Å². The highest BCUT2D eigenvalue weighted by Crippen LogP contribution is 2.25. The molecule has 1 N–H and O–H groups in total. The average molecular weight is 389 g/mol. The van der Waals surface area contributed by atoms with Crippen molar-refractivity contribution in [2.24, 2.45) is 0 Å². The van der Waals surface area contributed by atoms with E-state index < -0.39 is 0 Å². The minimum absolute atomic E-state index is 0.175. The fourth-order valence-corrected chi connectivity index (χ4v) is 3.23. The van der Waals surface area contributed by atoms with Gasteiger partial charge in [-0.2, -0.15) is 0 Å². The highest BCUT2D eigenvalue weighted by atomic mass is 16.5. The smallest absolute Gasteiger partial charge is 0.248 e. The van der Waals surface area contributed by atoms with E-state index in [1.165, 1.54) is 6.08 Å². The van der Waals surface area contributed by atoms with E-state index in [4.69, 9.17) is 9.72 Å². The van der Waals surface area contributed by atoms with Crippen LogP contribution in [0.3, 0.4) is 0 Å². The summed E-state index contributed by atoms with van der Waals surface area (Å²) in [5, 5.41) is 3.96. The third-order valence-electron chi connectivity index (χ3n) is 4.90. The zero-order valence-corrected chi connectivity index (χ0v) is 17.4. The number of amides is 1. The van der Waals surface area contributed by atoms with Crippen LogP contribution < -0.4 is 15.0 Å². The highest BCUT2D eigenvalue weighted by molar-refractivity contribution is 6.03. The van der Waals surface area contributed by atoms with Crippen LogP contribution in [0.1, 0.15) is 25.0 Å². The lowest BCUT2D eigenvalue weighted by atomic mass is 10.1. The molecule has 150 valence electrons. The minimum Gasteiger partial charge on any atom is -0.497 e. The first-order valence-corrected chi connectivity index (χ1v) is 9.83. The Morgan fingerprint density at radius 1 is 1.10 bits per heavy atom.